The Bertz CT molecular complexity index is 357. The van der Waals surface area contributed by atoms with E-state index >= 15 is 0 Å². The fourth-order valence-electron chi connectivity index (χ4n) is 1.32. The molecule has 0 aliphatic rings. The Labute approximate surface area is 96.3 Å². The maximum atomic E-state index is 9.49. The van der Waals surface area contributed by atoms with Crippen LogP contribution in [0.25, 0.3) is 0 Å². The van der Waals surface area contributed by atoms with E-state index in [1.54, 1.807) is 38.1 Å². The van der Waals surface area contributed by atoms with E-state index in [1.165, 1.54) is 0 Å². The lowest BCUT2D eigenvalue weighted by atomic mass is 10.0. The van der Waals surface area contributed by atoms with Crippen molar-refractivity contribution in [2.45, 2.75) is 32.3 Å². The summed E-state index contributed by atoms with van der Waals surface area (Å²) in [5.74, 6) is 0.759. The molecule has 3 heteroatoms. The second kappa shape index (κ2) is 5.53. The number of rotatable bonds is 5. The first-order chi connectivity index (χ1) is 7.51. The second-order valence-electron chi connectivity index (χ2n) is 4.40. The van der Waals surface area contributed by atoms with Gasteiger partial charge in [-0.05, 0) is 51.0 Å². The Kier molecular flexibility index (Phi) is 4.33. The summed E-state index contributed by atoms with van der Waals surface area (Å²) in [7, 11) is 0. The van der Waals surface area contributed by atoms with Gasteiger partial charge in [0.25, 0.3) is 0 Å². The summed E-state index contributed by atoms with van der Waals surface area (Å²) in [4.78, 5) is 0. The lowest BCUT2D eigenvalue weighted by molar-refractivity contribution is 0.0641. The van der Waals surface area contributed by atoms with Gasteiger partial charge in [-0.15, -0.1) is 0 Å². The van der Waals surface area contributed by atoms with Gasteiger partial charge in [0.05, 0.1) is 23.8 Å². The van der Waals surface area contributed by atoms with Gasteiger partial charge < -0.3 is 9.84 Å². The third-order valence-electron chi connectivity index (χ3n) is 2.19. The number of nitriles is 1. The van der Waals surface area contributed by atoms with Gasteiger partial charge in [-0.1, -0.05) is 0 Å². The minimum atomic E-state index is -0.631. The van der Waals surface area contributed by atoms with Crippen LogP contribution in [-0.4, -0.2) is 17.3 Å². The summed E-state index contributed by atoms with van der Waals surface area (Å²) in [5.41, 5.74) is -0.00237. The van der Waals surface area contributed by atoms with Crippen molar-refractivity contribution in [1.29, 1.82) is 5.26 Å². The first-order valence-electron chi connectivity index (χ1n) is 5.36. The smallest absolute Gasteiger partial charge is 0.119 e. The minimum Gasteiger partial charge on any atom is -0.494 e. The lowest BCUT2D eigenvalue weighted by Gasteiger charge is -2.16. The van der Waals surface area contributed by atoms with E-state index < -0.39 is 5.60 Å². The van der Waals surface area contributed by atoms with Crippen LogP contribution in [-0.2, 0) is 0 Å². The summed E-state index contributed by atoms with van der Waals surface area (Å²) in [5, 5.41) is 18.1. The summed E-state index contributed by atoms with van der Waals surface area (Å²) in [6.45, 7) is 4.15. The summed E-state index contributed by atoms with van der Waals surface area (Å²) in [6, 6.07) is 9.07. The fourth-order valence-corrected chi connectivity index (χ4v) is 1.32. The van der Waals surface area contributed by atoms with Crippen LogP contribution in [0.5, 0.6) is 5.75 Å². The molecule has 1 N–H and O–H groups in total. The predicted octanol–water partition coefficient (Wildman–Crippen LogP) is 2.49. The van der Waals surface area contributed by atoms with Crippen LogP contribution < -0.4 is 4.74 Å². The molecule has 0 unspecified atom stereocenters. The number of nitrogens with zero attached hydrogens (tertiary/aromatic N) is 1. The molecule has 0 aromatic heterocycles. The van der Waals surface area contributed by atoms with Crippen molar-refractivity contribution in [2.75, 3.05) is 6.61 Å². The van der Waals surface area contributed by atoms with Crippen molar-refractivity contribution in [1.82, 2.24) is 0 Å². The molecule has 0 atom stereocenters. The molecule has 0 fully saturated rings. The molecule has 0 saturated heterocycles. The van der Waals surface area contributed by atoms with Gasteiger partial charge in [-0.3, -0.25) is 0 Å². The number of ether oxygens (including phenoxy) is 1. The molecule has 0 radical (unpaired) electrons. The van der Waals surface area contributed by atoms with Crippen molar-refractivity contribution in [3.05, 3.63) is 29.8 Å². The van der Waals surface area contributed by atoms with Gasteiger partial charge in [0.2, 0.25) is 0 Å². The lowest BCUT2D eigenvalue weighted by Crippen LogP contribution is -2.19. The van der Waals surface area contributed by atoms with Crippen molar-refractivity contribution < 1.29 is 9.84 Å². The van der Waals surface area contributed by atoms with Gasteiger partial charge in [-0.2, -0.15) is 5.26 Å². The summed E-state index contributed by atoms with van der Waals surface area (Å²) >= 11 is 0. The topological polar surface area (TPSA) is 53.2 Å². The van der Waals surface area contributed by atoms with Crippen molar-refractivity contribution in [2.24, 2.45) is 0 Å². The van der Waals surface area contributed by atoms with Crippen LogP contribution in [0, 0.1) is 11.3 Å². The first-order valence-corrected chi connectivity index (χ1v) is 5.36. The van der Waals surface area contributed by atoms with E-state index in [0.717, 1.165) is 12.2 Å². The first kappa shape index (κ1) is 12.5. The number of hydrogen-bond donors (Lipinski definition) is 1. The molecule has 1 aromatic rings. The van der Waals surface area contributed by atoms with E-state index in [2.05, 4.69) is 6.07 Å². The maximum absolute atomic E-state index is 9.49. The molecule has 0 amide bonds. The van der Waals surface area contributed by atoms with E-state index in [0.29, 0.717) is 18.6 Å². The number of aliphatic hydroxyl groups is 1. The van der Waals surface area contributed by atoms with E-state index in [1.807, 2.05) is 0 Å². The van der Waals surface area contributed by atoms with E-state index in [-0.39, 0.29) is 0 Å². The van der Waals surface area contributed by atoms with Crippen LogP contribution in [0.15, 0.2) is 24.3 Å². The van der Waals surface area contributed by atoms with Crippen LogP contribution in [0.2, 0.25) is 0 Å². The zero-order chi connectivity index (χ0) is 12.0. The van der Waals surface area contributed by atoms with Crippen molar-refractivity contribution in [3.63, 3.8) is 0 Å². The van der Waals surface area contributed by atoms with Crippen LogP contribution in [0.4, 0.5) is 0 Å². The SMILES string of the molecule is CC(C)(O)CCCOc1ccc(C#N)cc1. The van der Waals surface area contributed by atoms with Gasteiger partial charge in [0.1, 0.15) is 5.75 Å². The van der Waals surface area contributed by atoms with Crippen LogP contribution in [0.1, 0.15) is 32.3 Å². The predicted molar refractivity (Wildman–Crippen MR) is 62.2 cm³/mol. The molecule has 0 saturated carbocycles. The van der Waals surface area contributed by atoms with Crippen molar-refractivity contribution >= 4 is 0 Å². The van der Waals surface area contributed by atoms with Gasteiger partial charge in [0, 0.05) is 0 Å². The molecule has 0 heterocycles. The molecular formula is C13H17NO2. The van der Waals surface area contributed by atoms with E-state index in [9.17, 15) is 5.11 Å². The fraction of sp³-hybridized carbons (Fsp3) is 0.462. The zero-order valence-electron chi connectivity index (χ0n) is 9.73. The highest BCUT2D eigenvalue weighted by Crippen LogP contribution is 2.14. The summed E-state index contributed by atoms with van der Waals surface area (Å²) in [6.07, 6.45) is 1.52. The Hall–Kier alpha value is -1.53. The molecule has 0 aliphatic heterocycles. The maximum Gasteiger partial charge on any atom is 0.119 e. The summed E-state index contributed by atoms with van der Waals surface area (Å²) < 4.78 is 5.48. The van der Waals surface area contributed by atoms with E-state index in [4.69, 9.17) is 10.00 Å². The molecule has 1 rings (SSSR count). The molecule has 86 valence electrons. The average Bonchev–Trinajstić information content (AvgIpc) is 2.24. The monoisotopic (exact) mass is 219 g/mol. The number of hydrogen-bond acceptors (Lipinski definition) is 3. The molecule has 0 spiro atoms. The highest BCUT2D eigenvalue weighted by Gasteiger charge is 2.11. The Morgan fingerprint density at radius 3 is 2.44 bits per heavy atom. The molecular weight excluding hydrogens is 202 g/mol. The van der Waals surface area contributed by atoms with Gasteiger partial charge >= 0.3 is 0 Å². The van der Waals surface area contributed by atoms with Gasteiger partial charge in [-0.25, -0.2) is 0 Å². The standard InChI is InChI=1S/C13H17NO2/c1-13(2,15)8-3-9-16-12-6-4-11(10-14)5-7-12/h4-7,15H,3,8-9H2,1-2H3. The van der Waals surface area contributed by atoms with Gasteiger partial charge in [0.15, 0.2) is 0 Å². The minimum absolute atomic E-state index is 0.579. The van der Waals surface area contributed by atoms with Crippen molar-refractivity contribution in [3.8, 4) is 11.8 Å². The Morgan fingerprint density at radius 1 is 1.31 bits per heavy atom. The Balaban J connectivity index is 2.30. The Morgan fingerprint density at radius 2 is 1.94 bits per heavy atom. The normalized spacial score (nSPS) is 10.9. The molecule has 16 heavy (non-hydrogen) atoms. The largest absolute Gasteiger partial charge is 0.494 e. The third kappa shape index (κ3) is 4.81. The molecule has 0 bridgehead atoms. The van der Waals surface area contributed by atoms with Crippen LogP contribution in [0.3, 0.4) is 0 Å². The second-order valence-corrected chi connectivity index (χ2v) is 4.40. The van der Waals surface area contributed by atoms with Crippen LogP contribution >= 0.6 is 0 Å². The number of benzene rings is 1. The molecule has 3 nitrogen and oxygen atoms in total. The zero-order valence-corrected chi connectivity index (χ0v) is 9.73. The quantitative estimate of drug-likeness (QED) is 0.774. The molecule has 0 aliphatic carbocycles. The molecule has 1 aromatic carbocycles. The third-order valence-corrected chi connectivity index (χ3v) is 2.19. The highest BCUT2D eigenvalue weighted by atomic mass is 16.5. The average molecular weight is 219 g/mol. The highest BCUT2D eigenvalue weighted by molar-refractivity contribution is 5.34.